The van der Waals surface area contributed by atoms with Gasteiger partial charge in [-0.2, -0.15) is 0 Å². The molecule has 0 fully saturated rings. The quantitative estimate of drug-likeness (QED) is 0.664. The third kappa shape index (κ3) is 1.85. The average molecular weight is 266 g/mol. The Morgan fingerprint density at radius 2 is 2.15 bits per heavy atom. The van der Waals surface area contributed by atoms with Crippen molar-refractivity contribution in [3.63, 3.8) is 0 Å². The van der Waals surface area contributed by atoms with Crippen LogP contribution in [0.2, 0.25) is 0 Å². The van der Waals surface area contributed by atoms with Gasteiger partial charge in [-0.3, -0.25) is 0 Å². The zero-order valence-electron chi connectivity index (χ0n) is 10.8. The Hall–Kier alpha value is -2.63. The lowest BCUT2D eigenvalue weighted by atomic mass is 10.0. The first kappa shape index (κ1) is 11.2. The molecule has 0 saturated heterocycles. The number of fused-ring (bicyclic) bond motifs is 2. The first-order valence-electron chi connectivity index (χ1n) is 6.68. The Labute approximate surface area is 115 Å². The normalized spacial score (nSPS) is 13.8. The first-order chi connectivity index (χ1) is 9.90. The van der Waals surface area contributed by atoms with Crippen LogP contribution in [0.3, 0.4) is 0 Å². The zero-order chi connectivity index (χ0) is 13.4. The van der Waals surface area contributed by atoms with Gasteiger partial charge in [0.15, 0.2) is 11.5 Å². The number of nitrogens with one attached hydrogen (secondary N) is 3. The maximum Gasteiger partial charge on any atom is 0.182 e. The smallest absolute Gasteiger partial charge is 0.182 e. The van der Waals surface area contributed by atoms with Gasteiger partial charge in [0.1, 0.15) is 11.8 Å². The summed E-state index contributed by atoms with van der Waals surface area (Å²) in [4.78, 5) is 15.6. The lowest BCUT2D eigenvalue weighted by Gasteiger charge is -2.19. The van der Waals surface area contributed by atoms with Crippen molar-refractivity contribution in [2.75, 3.05) is 17.2 Å². The van der Waals surface area contributed by atoms with Gasteiger partial charge in [-0.15, -0.1) is 0 Å². The first-order valence-corrected chi connectivity index (χ1v) is 6.68. The van der Waals surface area contributed by atoms with E-state index in [0.717, 1.165) is 30.0 Å². The topological polar surface area (TPSA) is 78.5 Å². The van der Waals surface area contributed by atoms with Crippen LogP contribution >= 0.6 is 0 Å². The van der Waals surface area contributed by atoms with Gasteiger partial charge in [0.25, 0.3) is 0 Å². The van der Waals surface area contributed by atoms with Crippen LogP contribution in [0.25, 0.3) is 11.2 Å². The molecule has 1 aliphatic heterocycles. The molecule has 4 rings (SSSR count). The van der Waals surface area contributed by atoms with Gasteiger partial charge in [0, 0.05) is 17.9 Å². The van der Waals surface area contributed by atoms with Crippen molar-refractivity contribution >= 4 is 28.4 Å². The van der Waals surface area contributed by atoms with Crippen LogP contribution in [0.4, 0.5) is 17.2 Å². The molecular formula is C14H14N6. The predicted molar refractivity (Wildman–Crippen MR) is 78.2 cm³/mol. The fraction of sp³-hybridized carbons (Fsp3) is 0.214. The maximum absolute atomic E-state index is 4.28. The number of hydrogen-bond acceptors (Lipinski definition) is 5. The molecule has 0 atom stereocenters. The van der Waals surface area contributed by atoms with Crippen molar-refractivity contribution in [2.45, 2.75) is 12.8 Å². The number of H-pyrrole nitrogens is 1. The molecule has 3 N–H and O–H groups in total. The molecule has 2 aromatic heterocycles. The van der Waals surface area contributed by atoms with Gasteiger partial charge in [-0.05, 0) is 36.6 Å². The minimum Gasteiger partial charge on any atom is -0.385 e. The molecule has 1 aromatic carbocycles. The lowest BCUT2D eigenvalue weighted by Crippen LogP contribution is -2.11. The average Bonchev–Trinajstić information content (AvgIpc) is 2.97. The van der Waals surface area contributed by atoms with Gasteiger partial charge >= 0.3 is 0 Å². The highest BCUT2D eigenvalue weighted by atomic mass is 15.1. The highest BCUT2D eigenvalue weighted by Gasteiger charge is 2.10. The van der Waals surface area contributed by atoms with E-state index in [-0.39, 0.29) is 0 Å². The van der Waals surface area contributed by atoms with Gasteiger partial charge < -0.3 is 15.6 Å². The van der Waals surface area contributed by atoms with E-state index in [4.69, 9.17) is 0 Å². The predicted octanol–water partition coefficient (Wildman–Crippen LogP) is 2.45. The summed E-state index contributed by atoms with van der Waals surface area (Å²) >= 11 is 0. The number of aromatic nitrogens is 4. The molecule has 20 heavy (non-hydrogen) atoms. The SMILES string of the molecule is c1nc(Nc2ccc3c(c2)CCCN3)c2[nH]cnc2n1. The Morgan fingerprint density at radius 3 is 3.15 bits per heavy atom. The Bertz CT molecular complexity index is 763. The summed E-state index contributed by atoms with van der Waals surface area (Å²) in [5.41, 5.74) is 5.10. The standard InChI is InChI=1S/C14H14N6/c1-2-9-6-10(3-4-11(9)15-5-1)20-14-12-13(17-7-16-12)18-8-19-14/h3-4,6-8,15H,1-2,5H2,(H2,16,17,18,19,20). The van der Waals surface area contributed by atoms with E-state index in [9.17, 15) is 0 Å². The number of imidazole rings is 1. The fourth-order valence-electron chi connectivity index (χ4n) is 2.55. The number of aromatic amines is 1. The van der Waals surface area contributed by atoms with Crippen LogP contribution in [0.1, 0.15) is 12.0 Å². The summed E-state index contributed by atoms with van der Waals surface area (Å²) in [6, 6.07) is 6.34. The molecule has 6 nitrogen and oxygen atoms in total. The number of nitrogens with zero attached hydrogens (tertiary/aromatic N) is 3. The van der Waals surface area contributed by atoms with Crippen molar-refractivity contribution in [1.29, 1.82) is 0 Å². The summed E-state index contributed by atoms with van der Waals surface area (Å²) < 4.78 is 0. The second-order valence-corrected chi connectivity index (χ2v) is 4.85. The van der Waals surface area contributed by atoms with Crippen LogP contribution in [0.15, 0.2) is 30.9 Å². The Kier molecular flexibility index (Phi) is 2.51. The van der Waals surface area contributed by atoms with E-state index in [1.807, 2.05) is 0 Å². The monoisotopic (exact) mass is 266 g/mol. The van der Waals surface area contributed by atoms with Gasteiger partial charge in [-0.25, -0.2) is 15.0 Å². The molecule has 0 aliphatic carbocycles. The van der Waals surface area contributed by atoms with Crippen molar-refractivity contribution in [1.82, 2.24) is 19.9 Å². The fourth-order valence-corrected chi connectivity index (χ4v) is 2.55. The van der Waals surface area contributed by atoms with Crippen molar-refractivity contribution in [3.05, 3.63) is 36.4 Å². The highest BCUT2D eigenvalue weighted by molar-refractivity contribution is 5.84. The van der Waals surface area contributed by atoms with E-state index < -0.39 is 0 Å². The Balaban J connectivity index is 1.70. The van der Waals surface area contributed by atoms with Gasteiger partial charge in [0.05, 0.1) is 6.33 Å². The summed E-state index contributed by atoms with van der Waals surface area (Å²) in [6.45, 7) is 1.06. The number of anilines is 3. The van der Waals surface area contributed by atoms with Gasteiger partial charge in [0.2, 0.25) is 0 Å². The molecule has 0 unspecified atom stereocenters. The molecule has 0 bridgehead atoms. The molecular weight excluding hydrogens is 252 g/mol. The summed E-state index contributed by atoms with van der Waals surface area (Å²) in [6.07, 6.45) is 5.43. The van der Waals surface area contributed by atoms with E-state index >= 15 is 0 Å². The molecule has 100 valence electrons. The molecule has 6 heteroatoms. The van der Waals surface area contributed by atoms with Gasteiger partial charge in [-0.1, -0.05) is 0 Å². The second kappa shape index (κ2) is 4.48. The third-order valence-corrected chi connectivity index (χ3v) is 3.53. The molecule has 3 heterocycles. The van der Waals surface area contributed by atoms with Crippen LogP contribution in [0.5, 0.6) is 0 Å². The van der Waals surface area contributed by atoms with Crippen molar-refractivity contribution < 1.29 is 0 Å². The van der Waals surface area contributed by atoms with E-state index in [2.05, 4.69) is 48.8 Å². The number of hydrogen-bond donors (Lipinski definition) is 3. The van der Waals surface area contributed by atoms with Crippen LogP contribution in [-0.4, -0.2) is 26.5 Å². The Morgan fingerprint density at radius 1 is 1.15 bits per heavy atom. The number of aryl methyl sites for hydroxylation is 1. The van der Waals surface area contributed by atoms with Crippen LogP contribution in [0, 0.1) is 0 Å². The van der Waals surface area contributed by atoms with Crippen LogP contribution < -0.4 is 10.6 Å². The molecule has 1 aliphatic rings. The summed E-state index contributed by atoms with van der Waals surface area (Å²) in [5.74, 6) is 0.746. The highest BCUT2D eigenvalue weighted by Crippen LogP contribution is 2.27. The van der Waals surface area contributed by atoms with E-state index in [1.54, 1.807) is 6.33 Å². The third-order valence-electron chi connectivity index (χ3n) is 3.53. The number of benzene rings is 1. The minimum atomic E-state index is 0.669. The zero-order valence-corrected chi connectivity index (χ0v) is 10.8. The van der Waals surface area contributed by atoms with Crippen molar-refractivity contribution in [2.24, 2.45) is 0 Å². The van der Waals surface area contributed by atoms with Crippen molar-refractivity contribution in [3.8, 4) is 0 Å². The van der Waals surface area contributed by atoms with Crippen LogP contribution in [-0.2, 0) is 6.42 Å². The lowest BCUT2D eigenvalue weighted by molar-refractivity contribution is 0.830. The largest absolute Gasteiger partial charge is 0.385 e. The molecule has 0 spiro atoms. The molecule has 0 saturated carbocycles. The van der Waals surface area contributed by atoms with E-state index in [1.165, 1.54) is 24.0 Å². The minimum absolute atomic E-state index is 0.669. The molecule has 0 amide bonds. The molecule has 0 radical (unpaired) electrons. The summed E-state index contributed by atoms with van der Waals surface area (Å²) in [5, 5.41) is 6.74. The maximum atomic E-state index is 4.28. The molecule has 3 aromatic rings. The summed E-state index contributed by atoms with van der Waals surface area (Å²) in [7, 11) is 0. The van der Waals surface area contributed by atoms with E-state index in [0.29, 0.717) is 5.65 Å². The second-order valence-electron chi connectivity index (χ2n) is 4.85. The number of rotatable bonds is 2.